The van der Waals surface area contributed by atoms with E-state index in [9.17, 15) is 9.18 Å². The van der Waals surface area contributed by atoms with Crippen LogP contribution in [0.1, 0.15) is 18.1 Å². The fourth-order valence-corrected chi connectivity index (χ4v) is 2.61. The molecule has 2 aromatic carbocycles. The van der Waals surface area contributed by atoms with Crippen LogP contribution in [0.2, 0.25) is 0 Å². The minimum Gasteiger partial charge on any atom is -0.449 e. The van der Waals surface area contributed by atoms with Crippen molar-refractivity contribution in [2.45, 2.75) is 13.5 Å². The Labute approximate surface area is 144 Å². The van der Waals surface area contributed by atoms with Gasteiger partial charge >= 0.3 is 6.09 Å². The molecule has 0 saturated carbocycles. The number of ether oxygens (including phenoxy) is 1. The highest BCUT2D eigenvalue weighted by Crippen LogP contribution is 2.21. The first kappa shape index (κ1) is 16.7. The molecule has 1 aromatic heterocycles. The Morgan fingerprint density at radius 1 is 1.24 bits per heavy atom. The van der Waals surface area contributed by atoms with Gasteiger partial charge in [0.2, 0.25) is 0 Å². The summed E-state index contributed by atoms with van der Waals surface area (Å²) in [6.45, 7) is 2.63. The van der Waals surface area contributed by atoms with Crippen LogP contribution in [0.5, 0.6) is 0 Å². The fourth-order valence-electron chi connectivity index (χ4n) is 2.61. The molecule has 25 heavy (non-hydrogen) atoms. The lowest BCUT2D eigenvalue weighted by molar-refractivity contribution is 0.152. The predicted octanol–water partition coefficient (Wildman–Crippen LogP) is 3.91. The molecular formula is C19H18FN3O2. The number of amides is 1. The number of carbonyl (C=O) groups excluding carboxylic acids is 1. The molecule has 6 heteroatoms. The second-order valence-corrected chi connectivity index (χ2v) is 5.45. The van der Waals surface area contributed by atoms with Crippen LogP contribution in [-0.4, -0.2) is 23.5 Å². The molecule has 128 valence electrons. The van der Waals surface area contributed by atoms with E-state index in [4.69, 9.17) is 4.74 Å². The van der Waals surface area contributed by atoms with Crippen LogP contribution in [0.3, 0.4) is 0 Å². The monoisotopic (exact) mass is 339 g/mol. The molecule has 0 fully saturated rings. The number of nitrogens with zero attached hydrogens (tertiary/aromatic N) is 2. The predicted molar refractivity (Wildman–Crippen MR) is 95.2 cm³/mol. The first-order valence-corrected chi connectivity index (χ1v) is 7.95. The van der Waals surface area contributed by atoms with Gasteiger partial charge in [-0.25, -0.2) is 14.6 Å². The zero-order valence-corrected chi connectivity index (χ0v) is 13.8. The smallest absolute Gasteiger partial charge is 0.427 e. The molecule has 1 N–H and O–H groups in total. The molecule has 1 heterocycles. The summed E-state index contributed by atoms with van der Waals surface area (Å²) < 4.78 is 19.9. The molecule has 0 unspecified atom stereocenters. The van der Waals surface area contributed by atoms with Crippen LogP contribution >= 0.6 is 0 Å². The van der Waals surface area contributed by atoms with Crippen molar-refractivity contribution in [3.05, 3.63) is 71.7 Å². The molecule has 0 aliphatic rings. The number of para-hydroxylation sites is 1. The quantitative estimate of drug-likeness (QED) is 0.566. The van der Waals surface area contributed by atoms with Crippen LogP contribution in [0.25, 0.3) is 10.9 Å². The molecule has 0 bridgehead atoms. The lowest BCUT2D eigenvalue weighted by Crippen LogP contribution is -2.18. The van der Waals surface area contributed by atoms with E-state index in [1.54, 1.807) is 25.3 Å². The highest BCUT2D eigenvalue weighted by molar-refractivity contribution is 5.99. The summed E-state index contributed by atoms with van der Waals surface area (Å²) in [6, 6.07) is 14.3. The van der Waals surface area contributed by atoms with Gasteiger partial charge in [-0.05, 0) is 30.7 Å². The normalized spacial score (nSPS) is 11.1. The van der Waals surface area contributed by atoms with Crippen LogP contribution in [0.4, 0.5) is 9.18 Å². The Kier molecular flexibility index (Phi) is 5.09. The maximum Gasteiger partial charge on any atom is 0.427 e. The highest BCUT2D eigenvalue weighted by atomic mass is 19.1. The number of fused-ring (bicyclic) bond motifs is 1. The number of hydrogen-bond donors (Lipinski definition) is 1. The molecule has 5 nitrogen and oxygen atoms in total. The minimum atomic E-state index is -0.589. The van der Waals surface area contributed by atoms with Crippen molar-refractivity contribution in [1.29, 1.82) is 0 Å². The molecule has 3 aromatic rings. The molecule has 0 saturated heterocycles. The molecule has 0 spiro atoms. The van der Waals surface area contributed by atoms with E-state index in [0.29, 0.717) is 13.2 Å². The second-order valence-electron chi connectivity index (χ2n) is 5.45. The van der Waals surface area contributed by atoms with E-state index >= 15 is 0 Å². The van der Waals surface area contributed by atoms with Crippen molar-refractivity contribution in [1.82, 2.24) is 9.99 Å². The van der Waals surface area contributed by atoms with Gasteiger partial charge in [0.25, 0.3) is 0 Å². The summed E-state index contributed by atoms with van der Waals surface area (Å²) in [5.41, 5.74) is 5.22. The third-order valence-corrected chi connectivity index (χ3v) is 3.72. The third kappa shape index (κ3) is 4.03. The average Bonchev–Trinajstić information content (AvgIpc) is 2.95. The number of nitrogens with one attached hydrogen (secondary N) is 1. The van der Waals surface area contributed by atoms with Gasteiger partial charge < -0.3 is 9.30 Å². The van der Waals surface area contributed by atoms with Gasteiger partial charge in [-0.15, -0.1) is 0 Å². The first-order chi connectivity index (χ1) is 12.2. The zero-order chi connectivity index (χ0) is 17.6. The van der Waals surface area contributed by atoms with E-state index in [1.165, 1.54) is 12.1 Å². The molecule has 3 rings (SSSR count). The van der Waals surface area contributed by atoms with Crippen LogP contribution < -0.4 is 5.43 Å². The summed E-state index contributed by atoms with van der Waals surface area (Å²) in [4.78, 5) is 11.3. The first-order valence-electron chi connectivity index (χ1n) is 7.95. The Hall–Kier alpha value is -3.15. The fraction of sp³-hybridized carbons (Fsp3) is 0.158. The second kappa shape index (κ2) is 7.61. The molecule has 1 amide bonds. The van der Waals surface area contributed by atoms with E-state index in [1.807, 2.05) is 30.5 Å². The average molecular weight is 339 g/mol. The van der Waals surface area contributed by atoms with Crippen molar-refractivity contribution in [3.63, 3.8) is 0 Å². The van der Waals surface area contributed by atoms with Gasteiger partial charge in [0.05, 0.1) is 12.8 Å². The number of halogens is 1. The van der Waals surface area contributed by atoms with Crippen LogP contribution in [0.15, 0.2) is 59.8 Å². The summed E-state index contributed by atoms with van der Waals surface area (Å²) in [7, 11) is 0. The van der Waals surface area contributed by atoms with Crippen LogP contribution in [-0.2, 0) is 11.3 Å². The summed E-state index contributed by atoms with van der Waals surface area (Å²) >= 11 is 0. The van der Waals surface area contributed by atoms with Gasteiger partial charge in [-0.2, -0.15) is 5.10 Å². The number of hydrogen-bond acceptors (Lipinski definition) is 3. The zero-order valence-electron chi connectivity index (χ0n) is 13.8. The van der Waals surface area contributed by atoms with Gasteiger partial charge in [-0.3, -0.25) is 0 Å². The third-order valence-electron chi connectivity index (χ3n) is 3.72. The Bertz CT molecular complexity index is 901. The van der Waals surface area contributed by atoms with E-state index in [2.05, 4.69) is 15.1 Å². The molecule has 0 aliphatic heterocycles. The number of carbonyl (C=O) groups is 1. The minimum absolute atomic E-state index is 0.251. The van der Waals surface area contributed by atoms with Gasteiger partial charge in [0.1, 0.15) is 5.82 Å². The summed E-state index contributed by atoms with van der Waals surface area (Å²) in [5.74, 6) is -0.251. The highest BCUT2D eigenvalue weighted by Gasteiger charge is 2.07. The number of benzene rings is 2. The summed E-state index contributed by atoms with van der Waals surface area (Å²) in [6.07, 6.45) is 2.94. The van der Waals surface area contributed by atoms with Gasteiger partial charge in [0.15, 0.2) is 0 Å². The molecule has 0 aliphatic carbocycles. The van der Waals surface area contributed by atoms with Crippen molar-refractivity contribution in [3.8, 4) is 0 Å². The Morgan fingerprint density at radius 2 is 2.00 bits per heavy atom. The topological polar surface area (TPSA) is 55.6 Å². The number of hydrazone groups is 1. The number of rotatable bonds is 5. The SMILES string of the molecule is CCOC(=O)N/N=C/c1cn(Cc2ccc(F)cc2)c2ccccc12. The number of aromatic nitrogens is 1. The maximum absolute atomic E-state index is 13.1. The molecular weight excluding hydrogens is 321 g/mol. The lowest BCUT2D eigenvalue weighted by Gasteiger charge is -2.05. The van der Waals surface area contributed by atoms with Crippen molar-refractivity contribution < 1.29 is 13.9 Å². The Morgan fingerprint density at radius 3 is 2.76 bits per heavy atom. The van der Waals surface area contributed by atoms with E-state index in [-0.39, 0.29) is 5.82 Å². The van der Waals surface area contributed by atoms with Crippen LogP contribution in [0, 0.1) is 5.82 Å². The summed E-state index contributed by atoms with van der Waals surface area (Å²) in [5, 5.41) is 4.94. The lowest BCUT2D eigenvalue weighted by atomic mass is 10.2. The van der Waals surface area contributed by atoms with Gasteiger partial charge in [-0.1, -0.05) is 30.3 Å². The maximum atomic E-state index is 13.1. The van der Waals surface area contributed by atoms with E-state index < -0.39 is 6.09 Å². The van der Waals surface area contributed by atoms with Crippen molar-refractivity contribution in [2.24, 2.45) is 5.10 Å². The van der Waals surface area contributed by atoms with Crippen molar-refractivity contribution >= 4 is 23.2 Å². The largest absolute Gasteiger partial charge is 0.449 e. The Balaban J connectivity index is 1.86. The van der Waals surface area contributed by atoms with Crippen molar-refractivity contribution in [2.75, 3.05) is 6.61 Å². The van der Waals surface area contributed by atoms with Gasteiger partial charge in [0, 0.05) is 29.2 Å². The standard InChI is InChI=1S/C19H18FN3O2/c1-2-25-19(24)22-21-11-15-13-23(18-6-4-3-5-17(15)18)12-14-7-9-16(20)10-8-14/h3-11,13H,2,12H2,1H3,(H,22,24)/b21-11+. The molecule has 0 atom stereocenters. The molecule has 0 radical (unpaired) electrons. The van der Waals surface area contributed by atoms with E-state index in [0.717, 1.165) is 22.0 Å².